The first-order valence-electron chi connectivity index (χ1n) is 5.40. The number of aliphatic hydroxyl groups is 1. The van der Waals surface area contributed by atoms with Crippen molar-refractivity contribution < 1.29 is 9.90 Å². The fraction of sp³-hybridized carbons (Fsp3) is 0.917. The van der Waals surface area contributed by atoms with E-state index in [2.05, 4.69) is 0 Å². The van der Waals surface area contributed by atoms with Crippen molar-refractivity contribution in [2.24, 2.45) is 5.41 Å². The van der Waals surface area contributed by atoms with Crippen LogP contribution in [0.25, 0.3) is 0 Å². The summed E-state index contributed by atoms with van der Waals surface area (Å²) in [7, 11) is 1.88. The Morgan fingerprint density at radius 3 is 1.80 bits per heavy atom. The zero-order chi connectivity index (χ0) is 12.4. The van der Waals surface area contributed by atoms with E-state index in [1.165, 1.54) is 0 Å². The first-order chi connectivity index (χ1) is 6.51. The second kappa shape index (κ2) is 4.62. The van der Waals surface area contributed by atoms with Crippen LogP contribution >= 0.6 is 0 Å². The number of Topliss-reactive ketones (excluding diaryl/α,β-unsaturated/α-hetero) is 1. The van der Waals surface area contributed by atoms with Crippen LogP contribution in [0.1, 0.15) is 41.5 Å². The number of hydrogen-bond acceptors (Lipinski definition) is 3. The van der Waals surface area contributed by atoms with Gasteiger partial charge in [0.1, 0.15) is 0 Å². The largest absolute Gasteiger partial charge is 0.394 e. The Bertz CT molecular complexity index is 223. The molecule has 0 aliphatic rings. The van der Waals surface area contributed by atoms with E-state index in [1.54, 1.807) is 0 Å². The number of nitrogens with zero attached hydrogens (tertiary/aromatic N) is 1. The molecule has 0 spiro atoms. The van der Waals surface area contributed by atoms with Crippen LogP contribution < -0.4 is 0 Å². The van der Waals surface area contributed by atoms with Gasteiger partial charge < -0.3 is 5.11 Å². The summed E-state index contributed by atoms with van der Waals surface area (Å²) in [5, 5.41) is 9.33. The van der Waals surface area contributed by atoms with E-state index in [0.29, 0.717) is 0 Å². The lowest BCUT2D eigenvalue weighted by molar-refractivity contribution is -0.134. The molecule has 0 aromatic carbocycles. The predicted molar refractivity (Wildman–Crippen MR) is 62.9 cm³/mol. The van der Waals surface area contributed by atoms with E-state index < -0.39 is 11.5 Å². The van der Waals surface area contributed by atoms with Crippen molar-refractivity contribution in [1.29, 1.82) is 0 Å². The Balaban J connectivity index is 4.87. The van der Waals surface area contributed by atoms with Crippen molar-refractivity contribution in [2.75, 3.05) is 13.7 Å². The molecule has 0 aliphatic heterocycles. The summed E-state index contributed by atoms with van der Waals surface area (Å²) in [6.07, 6.45) is 0. The first-order valence-corrected chi connectivity index (χ1v) is 5.40. The molecule has 0 unspecified atom stereocenters. The zero-order valence-corrected chi connectivity index (χ0v) is 11.1. The maximum atomic E-state index is 12.1. The van der Waals surface area contributed by atoms with Crippen LogP contribution in [0.2, 0.25) is 0 Å². The highest BCUT2D eigenvalue weighted by atomic mass is 16.3. The number of ketones is 1. The Labute approximate surface area is 93.5 Å². The summed E-state index contributed by atoms with van der Waals surface area (Å²) < 4.78 is 0. The molecule has 0 aromatic heterocycles. The third-order valence-electron chi connectivity index (χ3n) is 2.74. The van der Waals surface area contributed by atoms with Crippen molar-refractivity contribution in [3.8, 4) is 0 Å². The Kier molecular flexibility index (Phi) is 4.49. The fourth-order valence-corrected chi connectivity index (χ4v) is 1.35. The van der Waals surface area contributed by atoms with Crippen LogP contribution in [0, 0.1) is 5.41 Å². The minimum absolute atomic E-state index is 0.0856. The zero-order valence-electron chi connectivity index (χ0n) is 11.1. The summed E-state index contributed by atoms with van der Waals surface area (Å²) in [5.74, 6) is 0.0856. The van der Waals surface area contributed by atoms with E-state index in [0.717, 1.165) is 0 Å². The van der Waals surface area contributed by atoms with Gasteiger partial charge in [0.15, 0.2) is 5.78 Å². The lowest BCUT2D eigenvalue weighted by Crippen LogP contribution is -2.53. The van der Waals surface area contributed by atoms with Crippen molar-refractivity contribution in [3.05, 3.63) is 0 Å². The average Bonchev–Trinajstić information content (AvgIpc) is 2.01. The standard InChI is InChI=1S/C12H25NO2/c1-11(2,3)10(15)9(8-14)13(7)12(4,5)6/h9,14H,8H2,1-7H3/t9-/m0/s1. The van der Waals surface area contributed by atoms with E-state index in [1.807, 2.05) is 53.5 Å². The molecule has 3 nitrogen and oxygen atoms in total. The molecule has 0 radical (unpaired) electrons. The Morgan fingerprint density at radius 1 is 1.20 bits per heavy atom. The molecule has 0 saturated heterocycles. The highest BCUT2D eigenvalue weighted by Crippen LogP contribution is 2.23. The fourth-order valence-electron chi connectivity index (χ4n) is 1.35. The van der Waals surface area contributed by atoms with Crippen LogP contribution in [0.3, 0.4) is 0 Å². The molecule has 1 N–H and O–H groups in total. The number of likely N-dealkylation sites (N-methyl/N-ethyl adjacent to an activating group) is 1. The molecule has 0 heterocycles. The Morgan fingerprint density at radius 2 is 1.60 bits per heavy atom. The molecule has 15 heavy (non-hydrogen) atoms. The van der Waals surface area contributed by atoms with E-state index in [4.69, 9.17) is 0 Å². The lowest BCUT2D eigenvalue weighted by Gasteiger charge is -2.39. The molecule has 3 heteroatoms. The second-order valence-electron chi connectivity index (χ2n) is 6.09. The van der Waals surface area contributed by atoms with Gasteiger partial charge in [0.25, 0.3) is 0 Å². The molecule has 0 amide bonds. The Hall–Kier alpha value is -0.410. The van der Waals surface area contributed by atoms with Crippen molar-refractivity contribution in [1.82, 2.24) is 4.90 Å². The molecule has 0 fully saturated rings. The third-order valence-corrected chi connectivity index (χ3v) is 2.74. The summed E-state index contributed by atoms with van der Waals surface area (Å²) in [5.41, 5.74) is -0.527. The van der Waals surface area contributed by atoms with Crippen molar-refractivity contribution in [2.45, 2.75) is 53.1 Å². The number of carbonyl (C=O) groups is 1. The number of carbonyl (C=O) groups excluding carboxylic acids is 1. The van der Waals surface area contributed by atoms with Crippen LogP contribution in [0.5, 0.6) is 0 Å². The number of aliphatic hydroxyl groups excluding tert-OH is 1. The van der Waals surface area contributed by atoms with Gasteiger partial charge in [-0.25, -0.2) is 0 Å². The van der Waals surface area contributed by atoms with Crippen LogP contribution in [0.4, 0.5) is 0 Å². The quantitative estimate of drug-likeness (QED) is 0.779. The highest BCUT2D eigenvalue weighted by Gasteiger charge is 2.35. The van der Waals surface area contributed by atoms with Gasteiger partial charge >= 0.3 is 0 Å². The highest BCUT2D eigenvalue weighted by molar-refractivity contribution is 5.88. The van der Waals surface area contributed by atoms with E-state index in [9.17, 15) is 9.90 Å². The van der Waals surface area contributed by atoms with Crippen LogP contribution in [0.15, 0.2) is 0 Å². The molecule has 0 rings (SSSR count). The van der Waals surface area contributed by atoms with Crippen molar-refractivity contribution in [3.63, 3.8) is 0 Å². The molecule has 0 saturated carbocycles. The van der Waals surface area contributed by atoms with Gasteiger partial charge in [0, 0.05) is 11.0 Å². The van der Waals surface area contributed by atoms with E-state index in [-0.39, 0.29) is 17.9 Å². The average molecular weight is 215 g/mol. The normalized spacial score (nSPS) is 15.5. The molecular formula is C12H25NO2. The van der Waals surface area contributed by atoms with Crippen LogP contribution in [-0.4, -0.2) is 41.0 Å². The summed E-state index contributed by atoms with van der Waals surface area (Å²) in [6, 6.07) is -0.412. The second-order valence-corrected chi connectivity index (χ2v) is 6.09. The van der Waals surface area contributed by atoms with E-state index >= 15 is 0 Å². The molecule has 90 valence electrons. The predicted octanol–water partition coefficient (Wildman–Crippen LogP) is 1.69. The third kappa shape index (κ3) is 3.92. The van der Waals surface area contributed by atoms with Crippen molar-refractivity contribution >= 4 is 5.78 Å². The first kappa shape index (κ1) is 14.6. The summed E-state index contributed by atoms with van der Waals surface area (Å²) in [6.45, 7) is 11.6. The van der Waals surface area contributed by atoms with Gasteiger partial charge in [-0.2, -0.15) is 0 Å². The summed E-state index contributed by atoms with van der Waals surface area (Å²) >= 11 is 0. The van der Waals surface area contributed by atoms with Crippen LogP contribution in [-0.2, 0) is 4.79 Å². The molecule has 0 aromatic rings. The maximum absolute atomic E-state index is 12.1. The van der Waals surface area contributed by atoms with Gasteiger partial charge in [-0.15, -0.1) is 0 Å². The lowest BCUT2D eigenvalue weighted by atomic mass is 9.85. The van der Waals surface area contributed by atoms with Gasteiger partial charge in [-0.1, -0.05) is 20.8 Å². The number of rotatable bonds is 3. The van der Waals surface area contributed by atoms with Gasteiger partial charge in [-0.3, -0.25) is 9.69 Å². The van der Waals surface area contributed by atoms with Gasteiger partial charge in [0.2, 0.25) is 0 Å². The molecule has 0 bridgehead atoms. The summed E-state index contributed by atoms with van der Waals surface area (Å²) in [4.78, 5) is 14.0. The molecular weight excluding hydrogens is 190 g/mol. The monoisotopic (exact) mass is 215 g/mol. The topological polar surface area (TPSA) is 40.5 Å². The minimum Gasteiger partial charge on any atom is -0.394 e. The molecule has 1 atom stereocenters. The molecule has 0 aliphatic carbocycles. The number of hydrogen-bond donors (Lipinski definition) is 1. The van der Waals surface area contributed by atoms with Gasteiger partial charge in [0.05, 0.1) is 12.6 Å². The SMILES string of the molecule is CN([C@@H](CO)C(=O)C(C)(C)C)C(C)(C)C. The maximum Gasteiger partial charge on any atom is 0.157 e. The minimum atomic E-state index is -0.412. The van der Waals surface area contributed by atoms with Gasteiger partial charge in [-0.05, 0) is 27.8 Å². The smallest absolute Gasteiger partial charge is 0.157 e.